The van der Waals surface area contributed by atoms with E-state index in [2.05, 4.69) is 21.2 Å². The van der Waals surface area contributed by atoms with Crippen LogP contribution in [0.1, 0.15) is 17.2 Å². The summed E-state index contributed by atoms with van der Waals surface area (Å²) in [6.45, 7) is 2.56. The normalized spacial score (nSPS) is 20.4. The molecule has 1 aliphatic heterocycles. The molecule has 1 N–H and O–H groups in total. The number of rotatable bonds is 1. The molecule has 1 aromatic carbocycles. The molecule has 3 nitrogen and oxygen atoms in total. The van der Waals surface area contributed by atoms with Crippen LogP contribution in [-0.2, 0) is 4.74 Å². The van der Waals surface area contributed by atoms with Crippen LogP contribution in [0.5, 0.6) is 0 Å². The fourth-order valence-electron chi connectivity index (χ4n) is 1.46. The molecule has 1 unspecified atom stereocenters. The minimum absolute atomic E-state index is 0.169. The minimum Gasteiger partial charge on any atom is -0.439 e. The lowest BCUT2D eigenvalue weighted by Crippen LogP contribution is -2.12. The van der Waals surface area contributed by atoms with Crippen molar-refractivity contribution in [3.05, 3.63) is 33.8 Å². The van der Waals surface area contributed by atoms with Crippen LogP contribution in [0.2, 0.25) is 0 Å². The van der Waals surface area contributed by atoms with Gasteiger partial charge in [0.2, 0.25) is 0 Å². The number of alkyl carbamates (subject to hydrolysis) is 1. The van der Waals surface area contributed by atoms with Crippen molar-refractivity contribution >= 4 is 22.0 Å². The van der Waals surface area contributed by atoms with Crippen LogP contribution in [0.3, 0.4) is 0 Å². The minimum atomic E-state index is -0.345. The molecule has 1 aromatic rings. The molecule has 0 radical (unpaired) electrons. The molecule has 0 aromatic heterocycles. The van der Waals surface area contributed by atoms with Gasteiger partial charge in [0.05, 0.1) is 6.54 Å². The Bertz CT molecular complexity index is 378. The van der Waals surface area contributed by atoms with E-state index in [9.17, 15) is 4.79 Å². The molecule has 0 aliphatic carbocycles. The molecule has 1 aliphatic rings. The second kappa shape index (κ2) is 3.61. The molecule has 4 heteroatoms. The largest absolute Gasteiger partial charge is 0.439 e. The first-order valence-electron chi connectivity index (χ1n) is 4.37. The smallest absolute Gasteiger partial charge is 0.407 e. The second-order valence-corrected chi connectivity index (χ2v) is 4.15. The quantitative estimate of drug-likeness (QED) is 0.838. The third-order valence-corrected chi connectivity index (χ3v) is 2.87. The monoisotopic (exact) mass is 255 g/mol. The summed E-state index contributed by atoms with van der Waals surface area (Å²) in [6, 6.07) is 6.00. The first-order chi connectivity index (χ1) is 6.66. The molecule has 0 spiro atoms. The molecule has 0 bridgehead atoms. The van der Waals surface area contributed by atoms with E-state index in [1.54, 1.807) is 0 Å². The van der Waals surface area contributed by atoms with E-state index < -0.39 is 0 Å². The van der Waals surface area contributed by atoms with Gasteiger partial charge in [-0.1, -0.05) is 28.1 Å². The van der Waals surface area contributed by atoms with Gasteiger partial charge in [-0.25, -0.2) is 4.79 Å². The summed E-state index contributed by atoms with van der Waals surface area (Å²) in [5.74, 6) is 0. The highest BCUT2D eigenvalue weighted by molar-refractivity contribution is 9.10. The third-order valence-electron chi connectivity index (χ3n) is 2.18. The number of halogens is 1. The fraction of sp³-hybridized carbons (Fsp3) is 0.300. The molecule has 74 valence electrons. The number of amides is 1. The topological polar surface area (TPSA) is 38.3 Å². The molecule has 0 saturated carbocycles. The second-order valence-electron chi connectivity index (χ2n) is 3.30. The number of aryl methyl sites for hydroxylation is 1. The molecule has 14 heavy (non-hydrogen) atoms. The molecule has 1 saturated heterocycles. The van der Waals surface area contributed by atoms with Crippen LogP contribution in [0.25, 0.3) is 0 Å². The van der Waals surface area contributed by atoms with Gasteiger partial charge in [0.25, 0.3) is 0 Å². The number of nitrogens with one attached hydrogen (secondary N) is 1. The Kier molecular flexibility index (Phi) is 2.46. The molecule has 1 atom stereocenters. The highest BCUT2D eigenvalue weighted by Crippen LogP contribution is 2.28. The lowest BCUT2D eigenvalue weighted by Gasteiger charge is -2.10. The van der Waals surface area contributed by atoms with Crippen LogP contribution in [-0.4, -0.2) is 12.6 Å². The number of cyclic esters (lactones) is 1. The van der Waals surface area contributed by atoms with Crippen LogP contribution >= 0.6 is 15.9 Å². The van der Waals surface area contributed by atoms with E-state index in [-0.39, 0.29) is 12.2 Å². The highest BCUT2D eigenvalue weighted by atomic mass is 79.9. The standard InChI is InChI=1S/C10H10BrNO2/c1-6-2-3-7(8(11)4-6)9-5-12-10(13)14-9/h2-4,9H,5H2,1H3,(H,12,13). The van der Waals surface area contributed by atoms with E-state index in [4.69, 9.17) is 4.74 Å². The van der Waals surface area contributed by atoms with Crippen molar-refractivity contribution in [1.29, 1.82) is 0 Å². The Balaban J connectivity index is 2.28. The van der Waals surface area contributed by atoms with Gasteiger partial charge in [0.15, 0.2) is 0 Å². The zero-order valence-corrected chi connectivity index (χ0v) is 9.30. The molecular weight excluding hydrogens is 246 g/mol. The predicted octanol–water partition coefficient (Wildman–Crippen LogP) is 2.54. The Morgan fingerprint density at radius 1 is 1.57 bits per heavy atom. The number of carbonyl (C=O) groups excluding carboxylic acids is 1. The maximum atomic E-state index is 10.9. The highest BCUT2D eigenvalue weighted by Gasteiger charge is 2.25. The summed E-state index contributed by atoms with van der Waals surface area (Å²) in [5.41, 5.74) is 2.19. The van der Waals surface area contributed by atoms with Crippen molar-refractivity contribution in [2.75, 3.05) is 6.54 Å². The molecule has 1 amide bonds. The van der Waals surface area contributed by atoms with Crippen molar-refractivity contribution in [3.63, 3.8) is 0 Å². The summed E-state index contributed by atoms with van der Waals surface area (Å²) in [4.78, 5) is 10.9. The zero-order chi connectivity index (χ0) is 10.1. The van der Waals surface area contributed by atoms with Crippen LogP contribution in [0.15, 0.2) is 22.7 Å². The van der Waals surface area contributed by atoms with E-state index >= 15 is 0 Å². The van der Waals surface area contributed by atoms with Crippen molar-refractivity contribution in [2.45, 2.75) is 13.0 Å². The van der Waals surface area contributed by atoms with Crippen molar-refractivity contribution < 1.29 is 9.53 Å². The van der Waals surface area contributed by atoms with Gasteiger partial charge < -0.3 is 10.1 Å². The van der Waals surface area contributed by atoms with Gasteiger partial charge in [-0.2, -0.15) is 0 Å². The van der Waals surface area contributed by atoms with Crippen molar-refractivity contribution in [2.24, 2.45) is 0 Å². The first-order valence-corrected chi connectivity index (χ1v) is 5.16. The average Bonchev–Trinajstić information content (AvgIpc) is 2.51. The molecular formula is C10H10BrNO2. The van der Waals surface area contributed by atoms with E-state index in [1.807, 2.05) is 25.1 Å². The third kappa shape index (κ3) is 1.75. The van der Waals surface area contributed by atoms with Crippen LogP contribution < -0.4 is 5.32 Å². The summed E-state index contributed by atoms with van der Waals surface area (Å²) >= 11 is 3.46. The van der Waals surface area contributed by atoms with Gasteiger partial charge in [-0.15, -0.1) is 0 Å². The summed E-state index contributed by atoms with van der Waals surface area (Å²) < 4.78 is 6.07. The fourth-order valence-corrected chi connectivity index (χ4v) is 2.20. The lowest BCUT2D eigenvalue weighted by molar-refractivity contribution is 0.141. The number of hydrogen-bond acceptors (Lipinski definition) is 2. The Morgan fingerprint density at radius 2 is 2.36 bits per heavy atom. The van der Waals surface area contributed by atoms with Crippen LogP contribution in [0, 0.1) is 6.92 Å². The average molecular weight is 256 g/mol. The van der Waals surface area contributed by atoms with E-state index in [1.165, 1.54) is 5.56 Å². The van der Waals surface area contributed by atoms with Gasteiger partial charge in [-0.05, 0) is 18.6 Å². The van der Waals surface area contributed by atoms with Gasteiger partial charge >= 0.3 is 6.09 Å². The Hall–Kier alpha value is -1.03. The maximum absolute atomic E-state index is 10.9. The lowest BCUT2D eigenvalue weighted by atomic mass is 10.1. The van der Waals surface area contributed by atoms with Gasteiger partial charge in [0, 0.05) is 10.0 Å². The maximum Gasteiger partial charge on any atom is 0.407 e. The van der Waals surface area contributed by atoms with E-state index in [0.717, 1.165) is 10.0 Å². The zero-order valence-electron chi connectivity index (χ0n) is 7.71. The molecule has 1 heterocycles. The summed E-state index contributed by atoms with van der Waals surface area (Å²) in [5, 5.41) is 2.63. The van der Waals surface area contributed by atoms with Gasteiger partial charge in [0.1, 0.15) is 6.10 Å². The Labute approximate surface area is 90.6 Å². The van der Waals surface area contributed by atoms with Crippen molar-refractivity contribution in [3.8, 4) is 0 Å². The summed E-state index contributed by atoms with van der Waals surface area (Å²) in [6.07, 6.45) is -0.514. The van der Waals surface area contributed by atoms with Crippen molar-refractivity contribution in [1.82, 2.24) is 5.32 Å². The number of benzene rings is 1. The Morgan fingerprint density at radius 3 is 2.93 bits per heavy atom. The first kappa shape index (κ1) is 9.52. The predicted molar refractivity (Wildman–Crippen MR) is 56.1 cm³/mol. The van der Waals surface area contributed by atoms with E-state index in [0.29, 0.717) is 6.54 Å². The SMILES string of the molecule is Cc1ccc(C2CNC(=O)O2)c(Br)c1. The molecule has 2 rings (SSSR count). The number of carbonyl (C=O) groups is 1. The number of ether oxygens (including phenoxy) is 1. The van der Waals surface area contributed by atoms with Crippen LogP contribution in [0.4, 0.5) is 4.79 Å². The summed E-state index contributed by atoms with van der Waals surface area (Å²) in [7, 11) is 0. The molecule has 1 fully saturated rings. The van der Waals surface area contributed by atoms with Gasteiger partial charge in [-0.3, -0.25) is 0 Å². The number of hydrogen-bond donors (Lipinski definition) is 1.